The number of hydrazine groups is 1. The van der Waals surface area contributed by atoms with Gasteiger partial charge in [-0.1, -0.05) is 73.1 Å². The number of benzene rings is 3. The van der Waals surface area contributed by atoms with Gasteiger partial charge in [0.1, 0.15) is 18.0 Å². The predicted octanol–water partition coefficient (Wildman–Crippen LogP) is 4.10. The van der Waals surface area contributed by atoms with Crippen LogP contribution in [-0.4, -0.2) is 89.1 Å². The molecule has 2 aliphatic rings. The van der Waals surface area contributed by atoms with Gasteiger partial charge in [-0.2, -0.15) is 0 Å². The second-order valence-electron chi connectivity index (χ2n) is 11.6. The summed E-state index contributed by atoms with van der Waals surface area (Å²) in [5, 5.41) is 13.7. The fourth-order valence-electron chi connectivity index (χ4n) is 6.22. The summed E-state index contributed by atoms with van der Waals surface area (Å²) in [6.07, 6.45) is -0.175. The first-order valence-electron chi connectivity index (χ1n) is 14.5. The van der Waals surface area contributed by atoms with E-state index >= 15 is 0 Å². The number of nitrogens with zero attached hydrogens (tertiary/aromatic N) is 5. The maximum Gasteiger partial charge on any atom is 0.246 e. The Labute approximate surface area is 257 Å². The van der Waals surface area contributed by atoms with E-state index in [0.717, 1.165) is 22.4 Å². The molecule has 1 unspecified atom stereocenters. The van der Waals surface area contributed by atoms with Crippen molar-refractivity contribution in [2.75, 3.05) is 39.1 Å². The molecule has 0 bridgehead atoms. The molecule has 0 spiro atoms. The Hall–Kier alpha value is -4.08. The first kappa shape index (κ1) is 30.4. The van der Waals surface area contributed by atoms with Crippen molar-refractivity contribution < 1.29 is 19.5 Å². The zero-order valence-corrected chi connectivity index (χ0v) is 25.7. The molecule has 3 atom stereocenters. The molecule has 226 valence electrons. The van der Waals surface area contributed by atoms with Crippen LogP contribution in [0.25, 0.3) is 0 Å². The van der Waals surface area contributed by atoms with Gasteiger partial charge in [-0.25, -0.2) is 5.01 Å². The second-order valence-corrected chi connectivity index (χ2v) is 12.0. The number of para-hydroxylation sites is 1. The number of carbonyl (C=O) groups excluding carboxylic acids is 3. The molecule has 0 aromatic heterocycles. The van der Waals surface area contributed by atoms with Crippen molar-refractivity contribution >= 4 is 35.0 Å². The molecule has 43 heavy (non-hydrogen) atoms. The summed E-state index contributed by atoms with van der Waals surface area (Å²) >= 11 is 6.56. The maximum absolute atomic E-state index is 14.2. The van der Waals surface area contributed by atoms with Crippen LogP contribution in [-0.2, 0) is 27.3 Å². The predicted molar refractivity (Wildman–Crippen MR) is 166 cm³/mol. The van der Waals surface area contributed by atoms with Crippen LogP contribution in [0, 0.1) is 0 Å². The van der Waals surface area contributed by atoms with Crippen LogP contribution in [0.4, 0.5) is 5.69 Å². The lowest BCUT2D eigenvalue weighted by Gasteiger charge is -2.55. The number of phenols is 1. The molecule has 2 saturated heterocycles. The van der Waals surface area contributed by atoms with E-state index < -0.39 is 12.2 Å². The van der Waals surface area contributed by atoms with E-state index in [4.69, 9.17) is 11.6 Å². The summed E-state index contributed by atoms with van der Waals surface area (Å²) in [5.74, 6) is -0.430. The first-order chi connectivity index (χ1) is 20.5. The molecular weight excluding hydrogens is 566 g/mol. The highest BCUT2D eigenvalue weighted by Crippen LogP contribution is 2.34. The highest BCUT2D eigenvalue weighted by atomic mass is 35.5. The Kier molecular flexibility index (Phi) is 8.94. The highest BCUT2D eigenvalue weighted by molar-refractivity contribution is 6.33. The third-order valence-corrected chi connectivity index (χ3v) is 8.59. The molecule has 2 aliphatic heterocycles. The number of carbonyl (C=O) groups is 3. The van der Waals surface area contributed by atoms with Gasteiger partial charge in [0.15, 0.2) is 0 Å². The number of rotatable bonds is 8. The van der Waals surface area contributed by atoms with E-state index in [1.165, 1.54) is 0 Å². The van der Waals surface area contributed by atoms with Gasteiger partial charge in [-0.05, 0) is 40.8 Å². The zero-order chi connectivity index (χ0) is 30.8. The van der Waals surface area contributed by atoms with Crippen LogP contribution in [0.2, 0.25) is 5.02 Å². The van der Waals surface area contributed by atoms with E-state index in [1.807, 2.05) is 74.4 Å². The maximum atomic E-state index is 14.2. The molecule has 0 saturated carbocycles. The molecule has 10 heteroatoms. The van der Waals surface area contributed by atoms with Crippen molar-refractivity contribution in [1.82, 2.24) is 19.8 Å². The van der Waals surface area contributed by atoms with Gasteiger partial charge in [0.05, 0.1) is 23.8 Å². The fraction of sp³-hybridized carbons (Fsp3) is 0.364. The van der Waals surface area contributed by atoms with Gasteiger partial charge in [-0.15, -0.1) is 0 Å². The topological polar surface area (TPSA) is 87.6 Å². The fourth-order valence-corrected chi connectivity index (χ4v) is 6.58. The molecule has 5 rings (SSSR count). The van der Waals surface area contributed by atoms with Crippen LogP contribution in [0.15, 0.2) is 72.8 Å². The van der Waals surface area contributed by atoms with Crippen molar-refractivity contribution in [3.63, 3.8) is 0 Å². The van der Waals surface area contributed by atoms with Gasteiger partial charge >= 0.3 is 0 Å². The number of aromatic hydroxyl groups is 1. The number of fused-ring (bicyclic) bond motifs is 1. The van der Waals surface area contributed by atoms with Gasteiger partial charge < -0.3 is 19.8 Å². The third kappa shape index (κ3) is 6.33. The summed E-state index contributed by atoms with van der Waals surface area (Å²) in [5.41, 5.74) is 3.55. The quantitative estimate of drug-likeness (QED) is 0.417. The lowest BCUT2D eigenvalue weighted by molar-refractivity contribution is -0.203. The normalized spacial score (nSPS) is 19.8. The second kappa shape index (κ2) is 12.7. The van der Waals surface area contributed by atoms with Crippen molar-refractivity contribution in [2.45, 2.75) is 44.4 Å². The smallest absolute Gasteiger partial charge is 0.246 e. The summed E-state index contributed by atoms with van der Waals surface area (Å²) < 4.78 is 0. The lowest BCUT2D eigenvalue weighted by Crippen LogP contribution is -2.75. The average Bonchev–Trinajstić information content (AvgIpc) is 2.96. The Bertz CT molecular complexity index is 1480. The number of hydrogen-bond donors (Lipinski definition) is 1. The van der Waals surface area contributed by atoms with E-state index in [-0.39, 0.29) is 61.9 Å². The van der Waals surface area contributed by atoms with Gasteiger partial charge in [0.2, 0.25) is 17.7 Å². The van der Waals surface area contributed by atoms with Crippen molar-refractivity contribution in [1.29, 1.82) is 0 Å². The molecule has 3 aromatic rings. The number of phenolic OH excluding ortho intramolecular Hbond substituents is 1. The molecule has 1 N–H and O–H groups in total. The monoisotopic (exact) mass is 603 g/mol. The summed E-state index contributed by atoms with van der Waals surface area (Å²) in [4.78, 5) is 47.1. The number of likely N-dealkylation sites (N-methyl/N-ethyl adjacent to an activating group) is 1. The number of amides is 3. The van der Waals surface area contributed by atoms with Crippen molar-refractivity contribution in [3.8, 4) is 5.75 Å². The van der Waals surface area contributed by atoms with E-state index in [1.54, 1.807) is 51.1 Å². The zero-order valence-electron chi connectivity index (χ0n) is 25.0. The third-order valence-electron chi connectivity index (χ3n) is 8.29. The molecule has 9 nitrogen and oxygen atoms in total. The van der Waals surface area contributed by atoms with Gasteiger partial charge in [0, 0.05) is 40.5 Å². The summed E-state index contributed by atoms with van der Waals surface area (Å²) in [7, 11) is 5.56. The van der Waals surface area contributed by atoms with Crippen LogP contribution < -0.4 is 4.90 Å². The number of hydrogen-bond acceptors (Lipinski definition) is 6. The average molecular weight is 604 g/mol. The molecule has 0 aliphatic carbocycles. The van der Waals surface area contributed by atoms with Crippen LogP contribution in [0.3, 0.4) is 0 Å². The van der Waals surface area contributed by atoms with Crippen molar-refractivity contribution in [3.05, 3.63) is 94.5 Å². The van der Waals surface area contributed by atoms with Crippen LogP contribution in [0.5, 0.6) is 5.75 Å². The lowest BCUT2D eigenvalue weighted by atomic mass is 9.96. The minimum atomic E-state index is -0.826. The molecule has 2 heterocycles. The van der Waals surface area contributed by atoms with Crippen molar-refractivity contribution in [2.24, 2.45) is 0 Å². The van der Waals surface area contributed by atoms with Gasteiger partial charge in [0.25, 0.3) is 0 Å². The standard InChI is InChI=1S/C33H38ClN5O4/c1-22(24-9-6-5-7-10-24)17-30(41)39-29-20-37(19-25-11-8-12-27(34)32(25)35(2)3)33(43)28(38(29)31(42)21-36(39)4)18-23-13-15-26(40)16-14-23/h5-16,22,28-29,40H,17-21H2,1-4H3/t22-,28-,29?/m0/s1. The number of halogens is 1. The Morgan fingerprint density at radius 1 is 1.02 bits per heavy atom. The molecule has 3 aromatic carbocycles. The Morgan fingerprint density at radius 2 is 1.72 bits per heavy atom. The summed E-state index contributed by atoms with van der Waals surface area (Å²) in [6, 6.07) is 21.3. The highest BCUT2D eigenvalue weighted by Gasteiger charge is 2.50. The minimum absolute atomic E-state index is 0.0135. The van der Waals surface area contributed by atoms with E-state index in [2.05, 4.69) is 0 Å². The van der Waals surface area contributed by atoms with E-state index in [0.29, 0.717) is 5.02 Å². The SMILES string of the molecule is C[C@@H](CC(=O)N1C2CN(Cc3cccc(Cl)c3N(C)C)C(=O)[C@H](Cc3ccc(O)cc3)N2C(=O)CN1C)c1ccccc1. The molecular formula is C33H38ClN5O4. The molecule has 0 radical (unpaired) electrons. The minimum Gasteiger partial charge on any atom is -0.508 e. The van der Waals surface area contributed by atoms with Crippen LogP contribution >= 0.6 is 11.6 Å². The number of piperazine rings is 1. The summed E-state index contributed by atoms with van der Waals surface area (Å²) in [6.45, 7) is 2.43. The molecule has 3 amide bonds. The van der Waals surface area contributed by atoms with E-state index in [9.17, 15) is 19.5 Å². The molecule has 2 fully saturated rings. The Morgan fingerprint density at radius 3 is 2.40 bits per heavy atom. The Balaban J connectivity index is 1.51. The number of anilines is 1. The largest absolute Gasteiger partial charge is 0.508 e. The van der Waals surface area contributed by atoms with Gasteiger partial charge in [-0.3, -0.25) is 19.4 Å². The van der Waals surface area contributed by atoms with Crippen LogP contribution in [0.1, 0.15) is 36.0 Å². The first-order valence-corrected chi connectivity index (χ1v) is 14.8.